The van der Waals surface area contributed by atoms with E-state index in [4.69, 9.17) is 0 Å². The van der Waals surface area contributed by atoms with E-state index < -0.39 is 48.2 Å². The van der Waals surface area contributed by atoms with Gasteiger partial charge in [-0.3, -0.25) is 9.47 Å². The second kappa shape index (κ2) is 7.37. The molecule has 2 unspecified atom stereocenters. The molecule has 2 atom stereocenters. The first-order chi connectivity index (χ1) is 12.1. The third-order valence-corrected chi connectivity index (χ3v) is 2.27. The Kier molecular flexibility index (Phi) is 6.81. The third-order valence-electron chi connectivity index (χ3n) is 2.27. The van der Waals surface area contributed by atoms with Gasteiger partial charge in [-0.1, -0.05) is 0 Å². The largest absolute Gasteiger partial charge is 0.460 e. The van der Waals surface area contributed by atoms with Gasteiger partial charge in [0.2, 0.25) is 0 Å². The lowest BCUT2D eigenvalue weighted by Crippen LogP contribution is -2.62. The molecule has 28 heavy (non-hydrogen) atoms. The number of hydrogen-bond acceptors (Lipinski definition) is 6. The highest BCUT2D eigenvalue weighted by Gasteiger charge is 2.78. The number of hydrogen-bond donors (Lipinski definition) is 0. The van der Waals surface area contributed by atoms with Crippen LogP contribution in [-0.2, 0) is 28.9 Å². The van der Waals surface area contributed by atoms with Crippen molar-refractivity contribution in [3.8, 4) is 0 Å². The Balaban J connectivity index is 6.18. The Hall–Kier alpha value is -2.12. The summed E-state index contributed by atoms with van der Waals surface area (Å²) < 4.78 is 178. The van der Waals surface area contributed by atoms with E-state index in [0.29, 0.717) is 0 Å². The standard InChI is InChI=1S/C8F14O6/c9-3(1(23)25-21,5(11,12)13)27-7(17,18)8(19,20)28-4(10,2(24)26-22)6(14,15)16. The maximum Gasteiger partial charge on any atom is 0.460 e. The van der Waals surface area contributed by atoms with Gasteiger partial charge in [0, 0.05) is 9.05 Å². The molecule has 6 nitrogen and oxygen atoms in total. The summed E-state index contributed by atoms with van der Waals surface area (Å²) in [6.07, 6.45) is -29.1. The van der Waals surface area contributed by atoms with Gasteiger partial charge in [-0.2, -0.15) is 52.7 Å². The van der Waals surface area contributed by atoms with Crippen LogP contribution >= 0.6 is 0 Å². The van der Waals surface area contributed by atoms with E-state index in [-0.39, 0.29) is 0 Å². The minimum absolute atomic E-state index is 1.56. The zero-order valence-corrected chi connectivity index (χ0v) is 11.7. The van der Waals surface area contributed by atoms with Gasteiger partial charge in [0.25, 0.3) is 0 Å². The molecular formula is C8F14O6. The SMILES string of the molecule is O=C(OF)C(F)(OC(F)(F)C(F)(F)OC(F)(C(=O)OF)C(F)(F)F)C(F)(F)F. The van der Waals surface area contributed by atoms with E-state index in [0.717, 1.165) is 0 Å². The second-order valence-electron chi connectivity index (χ2n) is 4.15. The lowest BCUT2D eigenvalue weighted by Gasteiger charge is -2.34. The number of alkyl halides is 12. The Bertz CT molecular complexity index is 548. The maximum atomic E-state index is 13.2. The Morgan fingerprint density at radius 2 is 0.714 bits per heavy atom. The van der Waals surface area contributed by atoms with Crippen LogP contribution in [0.1, 0.15) is 0 Å². The fraction of sp³-hybridized carbons (Fsp3) is 0.750. The average molecular weight is 458 g/mol. The predicted molar refractivity (Wildman–Crippen MR) is 46.3 cm³/mol. The molecule has 0 heterocycles. The van der Waals surface area contributed by atoms with Gasteiger partial charge in [0.05, 0.1) is 0 Å². The Morgan fingerprint density at radius 1 is 0.500 bits per heavy atom. The summed E-state index contributed by atoms with van der Waals surface area (Å²) in [6, 6.07) is 0. The van der Waals surface area contributed by atoms with Crippen LogP contribution in [-0.4, -0.2) is 48.2 Å². The number of halogens is 14. The Labute approximate surface area is 140 Å². The molecule has 20 heteroatoms. The van der Waals surface area contributed by atoms with E-state index in [9.17, 15) is 71.3 Å². The van der Waals surface area contributed by atoms with Crippen molar-refractivity contribution in [2.45, 2.75) is 36.3 Å². The number of rotatable bonds is 7. The first-order valence-electron chi connectivity index (χ1n) is 5.46. The van der Waals surface area contributed by atoms with Crippen LogP contribution in [0.5, 0.6) is 0 Å². The molecule has 0 aliphatic carbocycles. The summed E-state index contributed by atoms with van der Waals surface area (Å²) in [5.41, 5.74) is 0. The van der Waals surface area contributed by atoms with Gasteiger partial charge >= 0.3 is 48.2 Å². The molecule has 0 radical (unpaired) electrons. The molecule has 0 rings (SSSR count). The summed E-state index contributed by atoms with van der Waals surface area (Å²) >= 11 is 0. The van der Waals surface area contributed by atoms with Gasteiger partial charge in [0.15, 0.2) is 0 Å². The van der Waals surface area contributed by atoms with Gasteiger partial charge in [-0.25, -0.2) is 19.5 Å². The third kappa shape index (κ3) is 4.47. The molecule has 0 aromatic heterocycles. The van der Waals surface area contributed by atoms with Crippen molar-refractivity contribution in [3.05, 3.63) is 0 Å². The first-order valence-corrected chi connectivity index (χ1v) is 5.46. The van der Waals surface area contributed by atoms with Crippen LogP contribution < -0.4 is 0 Å². The number of carbonyl (C=O) groups excluding carboxylic acids is 2. The molecule has 0 aromatic carbocycles. The topological polar surface area (TPSA) is 71.1 Å². The van der Waals surface area contributed by atoms with Crippen molar-refractivity contribution < 1.29 is 90.7 Å². The highest BCUT2D eigenvalue weighted by Crippen LogP contribution is 2.49. The molecule has 0 aliphatic rings. The zero-order chi connectivity index (χ0) is 23.0. The van der Waals surface area contributed by atoms with Gasteiger partial charge in [0.1, 0.15) is 0 Å². The van der Waals surface area contributed by atoms with Gasteiger partial charge < -0.3 is 0 Å². The monoisotopic (exact) mass is 458 g/mol. The summed E-state index contributed by atoms with van der Waals surface area (Å²) in [5, 5.41) is 0. The van der Waals surface area contributed by atoms with E-state index >= 15 is 0 Å². The van der Waals surface area contributed by atoms with Crippen molar-refractivity contribution in [1.82, 2.24) is 0 Å². The molecule has 166 valence electrons. The van der Waals surface area contributed by atoms with Crippen molar-refractivity contribution in [1.29, 1.82) is 0 Å². The van der Waals surface area contributed by atoms with Crippen molar-refractivity contribution in [2.75, 3.05) is 0 Å². The quantitative estimate of drug-likeness (QED) is 0.545. The van der Waals surface area contributed by atoms with Crippen LogP contribution in [0.15, 0.2) is 0 Å². The van der Waals surface area contributed by atoms with E-state index in [1.54, 1.807) is 19.4 Å². The number of ether oxygens (including phenoxy) is 2. The van der Waals surface area contributed by atoms with E-state index in [2.05, 4.69) is 0 Å². The fourth-order valence-electron chi connectivity index (χ4n) is 1.00. The van der Waals surface area contributed by atoms with Crippen LogP contribution in [0.4, 0.5) is 61.7 Å². The van der Waals surface area contributed by atoms with Crippen LogP contribution in [0, 0.1) is 0 Å². The number of carbonyl (C=O) groups is 2. The lowest BCUT2D eigenvalue weighted by molar-refractivity contribution is -0.514. The van der Waals surface area contributed by atoms with Crippen LogP contribution in [0.2, 0.25) is 0 Å². The van der Waals surface area contributed by atoms with Crippen molar-refractivity contribution in [3.63, 3.8) is 0 Å². The average Bonchev–Trinajstić information content (AvgIpc) is 2.49. The molecule has 0 amide bonds. The van der Waals surface area contributed by atoms with Crippen LogP contribution in [0.3, 0.4) is 0 Å². The lowest BCUT2D eigenvalue weighted by atomic mass is 10.3. The summed E-state index contributed by atoms with van der Waals surface area (Å²) in [6.45, 7) is 0. The van der Waals surface area contributed by atoms with Crippen molar-refractivity contribution in [2.24, 2.45) is 0 Å². The molecule has 0 N–H and O–H groups in total. The maximum absolute atomic E-state index is 13.2. The zero-order valence-electron chi connectivity index (χ0n) is 11.7. The first kappa shape index (κ1) is 25.9. The minimum Gasteiger partial charge on any atom is -0.258 e. The van der Waals surface area contributed by atoms with E-state index in [1.807, 2.05) is 0 Å². The van der Waals surface area contributed by atoms with Gasteiger partial charge in [-0.05, 0) is 0 Å². The molecule has 0 saturated heterocycles. The minimum atomic E-state index is -7.41. The molecule has 0 saturated carbocycles. The Morgan fingerprint density at radius 3 is 0.857 bits per heavy atom. The molecule has 0 aromatic rings. The fourth-order valence-corrected chi connectivity index (χ4v) is 1.00. The smallest absolute Gasteiger partial charge is 0.258 e. The van der Waals surface area contributed by atoms with E-state index in [1.165, 1.54) is 0 Å². The summed E-state index contributed by atoms with van der Waals surface area (Å²) in [4.78, 5) is 23.7. The summed E-state index contributed by atoms with van der Waals surface area (Å²) in [7, 11) is 0. The highest BCUT2D eigenvalue weighted by molar-refractivity contribution is 5.78. The van der Waals surface area contributed by atoms with Gasteiger partial charge in [-0.15, -0.1) is 0 Å². The molecule has 0 bridgehead atoms. The molecule has 0 fully saturated rings. The predicted octanol–water partition coefficient (Wildman–Crippen LogP) is 3.52. The molecule has 0 aliphatic heterocycles. The molecular weight excluding hydrogens is 458 g/mol. The van der Waals surface area contributed by atoms with Crippen LogP contribution in [0.25, 0.3) is 0 Å². The normalized spacial score (nSPS) is 18.1. The second-order valence-corrected chi connectivity index (χ2v) is 4.15. The van der Waals surface area contributed by atoms with Crippen molar-refractivity contribution >= 4 is 11.9 Å². The summed E-state index contributed by atoms with van der Waals surface area (Å²) in [5.74, 6) is -21.8. The highest BCUT2D eigenvalue weighted by atomic mass is 19.4. The molecule has 0 spiro atoms.